The lowest BCUT2D eigenvalue weighted by atomic mass is 10.0. The Kier molecular flexibility index (Phi) is 5.01. The van der Waals surface area contributed by atoms with Crippen LogP contribution in [0.2, 0.25) is 0 Å². The van der Waals surface area contributed by atoms with E-state index < -0.39 is 11.7 Å². The minimum Gasteiger partial charge on any atom is -0.446 e. The van der Waals surface area contributed by atoms with Crippen LogP contribution in [0.3, 0.4) is 0 Å². The molecule has 0 fully saturated rings. The molecule has 2 heterocycles. The third kappa shape index (κ3) is 3.91. The third-order valence-corrected chi connectivity index (χ3v) is 3.47. The van der Waals surface area contributed by atoms with E-state index in [0.717, 1.165) is 0 Å². The van der Waals surface area contributed by atoms with Gasteiger partial charge >= 0.3 is 0 Å². The average Bonchev–Trinajstić information content (AvgIpc) is 3.15. The number of Topliss-reactive ketones (excluding diaryl/α,β-unsaturated/α-hetero) is 1. The number of pyridine rings is 1. The van der Waals surface area contributed by atoms with E-state index in [-0.39, 0.29) is 17.1 Å². The molecule has 0 aliphatic rings. The van der Waals surface area contributed by atoms with Crippen LogP contribution < -0.4 is 5.32 Å². The van der Waals surface area contributed by atoms with Crippen molar-refractivity contribution in [1.29, 1.82) is 5.26 Å². The number of nitriles is 1. The monoisotopic (exact) mass is 343 g/mol. The molecule has 0 unspecified atom stereocenters. The van der Waals surface area contributed by atoms with Gasteiger partial charge in [0.2, 0.25) is 5.76 Å². The van der Waals surface area contributed by atoms with Crippen molar-refractivity contribution in [3.8, 4) is 6.07 Å². The number of ketones is 1. The van der Waals surface area contributed by atoms with Crippen LogP contribution >= 0.6 is 0 Å². The second-order valence-electron chi connectivity index (χ2n) is 5.26. The number of rotatable bonds is 5. The highest BCUT2D eigenvalue weighted by Crippen LogP contribution is 2.17. The van der Waals surface area contributed by atoms with E-state index in [4.69, 9.17) is 9.68 Å². The van der Waals surface area contributed by atoms with Gasteiger partial charge in [-0.2, -0.15) is 5.26 Å². The van der Waals surface area contributed by atoms with Crippen molar-refractivity contribution in [3.05, 3.63) is 89.6 Å². The maximum absolute atomic E-state index is 12.8. The Morgan fingerprint density at radius 2 is 1.88 bits per heavy atom. The zero-order chi connectivity index (χ0) is 18.4. The molecule has 2 aromatic heterocycles. The smallest absolute Gasteiger partial charge is 0.259 e. The predicted molar refractivity (Wildman–Crippen MR) is 95.0 cm³/mol. The first kappa shape index (κ1) is 16.9. The molecule has 3 rings (SSSR count). The number of aromatic nitrogens is 1. The number of hydrogen-bond acceptors (Lipinski definition) is 5. The predicted octanol–water partition coefficient (Wildman–Crippen LogP) is 3.45. The van der Waals surface area contributed by atoms with Crippen LogP contribution in [0.25, 0.3) is 6.08 Å². The molecule has 0 saturated heterocycles. The van der Waals surface area contributed by atoms with E-state index in [9.17, 15) is 9.59 Å². The molecular formula is C20H13N3O3. The van der Waals surface area contributed by atoms with Gasteiger partial charge in [0.05, 0.1) is 17.5 Å². The molecule has 0 bridgehead atoms. The molecule has 3 aromatic rings. The molecule has 0 saturated carbocycles. The summed E-state index contributed by atoms with van der Waals surface area (Å²) in [4.78, 5) is 29.4. The lowest BCUT2D eigenvalue weighted by molar-refractivity contribution is -0.112. The van der Waals surface area contributed by atoms with Gasteiger partial charge in [0.25, 0.3) is 5.91 Å². The van der Waals surface area contributed by atoms with Crippen LogP contribution in [0, 0.1) is 11.3 Å². The molecule has 126 valence electrons. The first-order valence-electron chi connectivity index (χ1n) is 7.70. The molecule has 0 radical (unpaired) electrons. The summed E-state index contributed by atoms with van der Waals surface area (Å²) >= 11 is 0. The molecule has 1 N–H and O–H groups in total. The highest BCUT2D eigenvalue weighted by molar-refractivity contribution is 6.31. The Hall–Kier alpha value is -3.98. The summed E-state index contributed by atoms with van der Waals surface area (Å²) in [5, 5.41) is 11.5. The fraction of sp³-hybridized carbons (Fsp3) is 0. The molecule has 0 spiro atoms. The van der Waals surface area contributed by atoms with Crippen LogP contribution in [-0.2, 0) is 4.79 Å². The van der Waals surface area contributed by atoms with Gasteiger partial charge in [0, 0.05) is 11.8 Å². The van der Waals surface area contributed by atoms with Crippen LogP contribution in [0.4, 0.5) is 5.69 Å². The van der Waals surface area contributed by atoms with Crippen molar-refractivity contribution >= 4 is 23.5 Å². The Balaban J connectivity index is 1.97. The van der Waals surface area contributed by atoms with Crippen molar-refractivity contribution in [2.45, 2.75) is 0 Å². The lowest BCUT2D eigenvalue weighted by Crippen LogP contribution is -2.20. The van der Waals surface area contributed by atoms with Gasteiger partial charge in [0.1, 0.15) is 11.8 Å². The first-order chi connectivity index (χ1) is 12.7. The number of nitrogens with one attached hydrogen (secondary N) is 1. The molecule has 0 atom stereocenters. The van der Waals surface area contributed by atoms with Crippen LogP contribution in [-0.4, -0.2) is 16.7 Å². The van der Waals surface area contributed by atoms with Crippen LogP contribution in [0.1, 0.15) is 21.9 Å². The zero-order valence-electron chi connectivity index (χ0n) is 13.5. The quantitative estimate of drug-likeness (QED) is 0.331. The van der Waals surface area contributed by atoms with E-state index in [1.165, 1.54) is 24.4 Å². The van der Waals surface area contributed by atoms with E-state index in [1.54, 1.807) is 48.7 Å². The molecule has 26 heavy (non-hydrogen) atoms. The van der Waals surface area contributed by atoms with Crippen molar-refractivity contribution in [2.24, 2.45) is 0 Å². The minimum absolute atomic E-state index is 0.0930. The molecular weight excluding hydrogens is 330 g/mol. The minimum atomic E-state index is -0.596. The fourth-order valence-corrected chi connectivity index (χ4v) is 2.25. The number of carbonyl (C=O) groups is 2. The Morgan fingerprint density at radius 1 is 1.08 bits per heavy atom. The van der Waals surface area contributed by atoms with E-state index >= 15 is 0 Å². The largest absolute Gasteiger partial charge is 0.446 e. The van der Waals surface area contributed by atoms with Crippen molar-refractivity contribution in [1.82, 2.24) is 4.98 Å². The number of nitrogens with zero attached hydrogens (tertiary/aromatic N) is 2. The van der Waals surface area contributed by atoms with Gasteiger partial charge in [0.15, 0.2) is 5.78 Å². The summed E-state index contributed by atoms with van der Waals surface area (Å²) in [7, 11) is 0. The fourth-order valence-electron chi connectivity index (χ4n) is 2.25. The maximum Gasteiger partial charge on any atom is 0.259 e. The van der Waals surface area contributed by atoms with Gasteiger partial charge in [-0.3, -0.25) is 14.6 Å². The molecule has 6 nitrogen and oxygen atoms in total. The average molecular weight is 343 g/mol. The Morgan fingerprint density at radius 3 is 2.54 bits per heavy atom. The normalized spacial score (nSPS) is 10.8. The SMILES string of the molecule is N#Cc1ccc(C=C(C(=O)Nc2cccnc2)C(=O)c2ccccc2)o1. The van der Waals surface area contributed by atoms with Crippen molar-refractivity contribution < 1.29 is 14.0 Å². The molecule has 1 aromatic carbocycles. The number of hydrogen-bond donors (Lipinski definition) is 1. The second kappa shape index (κ2) is 7.73. The summed E-state index contributed by atoms with van der Waals surface area (Å²) in [6.07, 6.45) is 4.37. The van der Waals surface area contributed by atoms with E-state index in [2.05, 4.69) is 10.3 Å². The third-order valence-electron chi connectivity index (χ3n) is 3.47. The zero-order valence-corrected chi connectivity index (χ0v) is 13.5. The summed E-state index contributed by atoms with van der Waals surface area (Å²) in [6, 6.07) is 16.6. The van der Waals surface area contributed by atoms with Crippen LogP contribution in [0.5, 0.6) is 0 Å². The maximum atomic E-state index is 12.8. The van der Waals surface area contributed by atoms with Crippen molar-refractivity contribution in [2.75, 3.05) is 5.32 Å². The number of carbonyl (C=O) groups excluding carboxylic acids is 2. The van der Waals surface area contributed by atoms with Gasteiger partial charge in [-0.15, -0.1) is 0 Å². The van der Waals surface area contributed by atoms with Gasteiger partial charge in [-0.05, 0) is 30.3 Å². The first-order valence-corrected chi connectivity index (χ1v) is 7.70. The Bertz CT molecular complexity index is 1000. The molecule has 1 amide bonds. The topological polar surface area (TPSA) is 96.0 Å². The highest BCUT2D eigenvalue weighted by atomic mass is 16.3. The standard InChI is InChI=1S/C20H13N3O3/c21-12-17-9-8-16(26-17)11-18(19(24)14-5-2-1-3-6-14)20(25)23-15-7-4-10-22-13-15/h1-11,13H,(H,23,25). The summed E-state index contributed by atoms with van der Waals surface area (Å²) < 4.78 is 5.27. The highest BCUT2D eigenvalue weighted by Gasteiger charge is 2.21. The number of anilines is 1. The number of amides is 1. The summed E-state index contributed by atoms with van der Waals surface area (Å²) in [5.41, 5.74) is 0.715. The van der Waals surface area contributed by atoms with Gasteiger partial charge in [-0.1, -0.05) is 30.3 Å². The molecule has 6 heteroatoms. The summed E-state index contributed by atoms with van der Waals surface area (Å²) in [5.74, 6) is -0.721. The second-order valence-corrected chi connectivity index (χ2v) is 5.26. The van der Waals surface area contributed by atoms with Gasteiger partial charge < -0.3 is 9.73 Å². The van der Waals surface area contributed by atoms with E-state index in [1.807, 2.05) is 6.07 Å². The molecule has 0 aliphatic heterocycles. The van der Waals surface area contributed by atoms with E-state index in [0.29, 0.717) is 11.3 Å². The lowest BCUT2D eigenvalue weighted by Gasteiger charge is -2.08. The van der Waals surface area contributed by atoms with Crippen molar-refractivity contribution in [3.63, 3.8) is 0 Å². The number of furan rings is 1. The van der Waals surface area contributed by atoms with Gasteiger partial charge in [-0.25, -0.2) is 0 Å². The van der Waals surface area contributed by atoms with Crippen LogP contribution in [0.15, 0.2) is 77.0 Å². The number of benzene rings is 1. The molecule has 0 aliphatic carbocycles. The Labute approximate surface area is 149 Å². The summed E-state index contributed by atoms with van der Waals surface area (Å²) in [6.45, 7) is 0.